The fourth-order valence-electron chi connectivity index (χ4n) is 2.34. The molecule has 1 aromatic rings. The Bertz CT molecular complexity index is 611. The van der Waals surface area contributed by atoms with Crippen molar-refractivity contribution >= 4 is 15.7 Å². The molecule has 0 spiro atoms. The summed E-state index contributed by atoms with van der Waals surface area (Å²) in [6.07, 6.45) is 0.450. The first-order chi connectivity index (χ1) is 9.28. The first-order valence-electron chi connectivity index (χ1n) is 6.49. The van der Waals surface area contributed by atoms with Gasteiger partial charge >= 0.3 is 0 Å². The summed E-state index contributed by atoms with van der Waals surface area (Å²) in [6, 6.07) is 7.42. The lowest BCUT2D eigenvalue weighted by molar-refractivity contribution is -0.124. The van der Waals surface area contributed by atoms with Crippen molar-refractivity contribution in [1.29, 1.82) is 0 Å². The fraction of sp³-hybridized carbons (Fsp3) is 0.500. The normalized spacial score (nSPS) is 24.3. The van der Waals surface area contributed by atoms with Crippen molar-refractivity contribution in [2.45, 2.75) is 25.8 Å². The summed E-state index contributed by atoms with van der Waals surface area (Å²) < 4.78 is 28.3. The van der Waals surface area contributed by atoms with E-state index < -0.39 is 15.4 Å². The maximum Gasteiger partial charge on any atom is 0.258 e. The van der Waals surface area contributed by atoms with Crippen LogP contribution in [0.1, 0.15) is 18.9 Å². The van der Waals surface area contributed by atoms with Crippen molar-refractivity contribution < 1.29 is 17.9 Å². The molecule has 20 heavy (non-hydrogen) atoms. The summed E-state index contributed by atoms with van der Waals surface area (Å²) in [4.78, 5) is 11.8. The summed E-state index contributed by atoms with van der Waals surface area (Å²) in [7, 11) is -3.03. The molecule has 1 atom stereocenters. The Morgan fingerprint density at radius 3 is 2.80 bits per heavy atom. The number of benzene rings is 1. The van der Waals surface area contributed by atoms with Gasteiger partial charge in [0.25, 0.3) is 5.91 Å². The largest absolute Gasteiger partial charge is 0.484 e. The van der Waals surface area contributed by atoms with Gasteiger partial charge in [-0.3, -0.25) is 4.79 Å². The smallest absolute Gasteiger partial charge is 0.258 e. The number of carbonyl (C=O) groups excluding carboxylic acids is 1. The second-order valence-corrected chi connectivity index (χ2v) is 7.74. The molecule has 1 aliphatic rings. The lowest BCUT2D eigenvalue weighted by Crippen LogP contribution is -2.48. The standard InChI is InChI=1S/C14H19NO4S/c1-11-4-3-5-12(8-11)19-9-13(16)15-14(2)6-7-20(17,18)10-14/h3-5,8H,6-7,9-10H2,1-2H3,(H,15,16). The number of amides is 1. The van der Waals surface area contributed by atoms with Crippen molar-refractivity contribution in [1.82, 2.24) is 5.32 Å². The van der Waals surface area contributed by atoms with E-state index >= 15 is 0 Å². The van der Waals surface area contributed by atoms with E-state index in [1.807, 2.05) is 25.1 Å². The Morgan fingerprint density at radius 1 is 1.45 bits per heavy atom. The van der Waals surface area contributed by atoms with Gasteiger partial charge in [0.05, 0.1) is 17.0 Å². The molecule has 1 aliphatic heterocycles. The maximum atomic E-state index is 11.8. The molecule has 0 radical (unpaired) electrons. The topological polar surface area (TPSA) is 72.5 Å². The Labute approximate surface area is 119 Å². The number of hydrogen-bond acceptors (Lipinski definition) is 4. The third-order valence-corrected chi connectivity index (χ3v) is 5.21. The van der Waals surface area contributed by atoms with Crippen LogP contribution in [-0.2, 0) is 14.6 Å². The van der Waals surface area contributed by atoms with E-state index in [2.05, 4.69) is 5.32 Å². The van der Waals surface area contributed by atoms with Crippen LogP contribution >= 0.6 is 0 Å². The second-order valence-electron chi connectivity index (χ2n) is 5.56. The maximum absolute atomic E-state index is 11.8. The van der Waals surface area contributed by atoms with Gasteiger partial charge < -0.3 is 10.1 Å². The van der Waals surface area contributed by atoms with E-state index in [1.54, 1.807) is 13.0 Å². The summed E-state index contributed by atoms with van der Waals surface area (Å²) >= 11 is 0. The Balaban J connectivity index is 1.87. The lowest BCUT2D eigenvalue weighted by atomic mass is 10.0. The minimum Gasteiger partial charge on any atom is -0.484 e. The van der Waals surface area contributed by atoms with Crippen LogP contribution in [0.4, 0.5) is 0 Å². The number of ether oxygens (including phenoxy) is 1. The molecule has 0 bridgehead atoms. The molecule has 1 heterocycles. The van der Waals surface area contributed by atoms with E-state index in [9.17, 15) is 13.2 Å². The van der Waals surface area contributed by atoms with Gasteiger partial charge in [0.2, 0.25) is 0 Å². The van der Waals surface area contributed by atoms with E-state index in [4.69, 9.17) is 4.74 Å². The average molecular weight is 297 g/mol. The molecule has 1 amide bonds. The van der Waals surface area contributed by atoms with Crippen LogP contribution in [0, 0.1) is 6.92 Å². The molecule has 0 aromatic heterocycles. The molecule has 1 aromatic carbocycles. The molecule has 5 nitrogen and oxygen atoms in total. The lowest BCUT2D eigenvalue weighted by Gasteiger charge is -2.23. The van der Waals surface area contributed by atoms with Gasteiger partial charge in [-0.2, -0.15) is 0 Å². The monoisotopic (exact) mass is 297 g/mol. The summed E-state index contributed by atoms with van der Waals surface area (Å²) in [5.74, 6) is 0.453. The molecule has 0 aliphatic carbocycles. The zero-order valence-corrected chi connectivity index (χ0v) is 12.5. The number of sulfone groups is 1. The first-order valence-corrected chi connectivity index (χ1v) is 8.31. The summed E-state index contributed by atoms with van der Waals surface area (Å²) in [5.41, 5.74) is 0.378. The minimum absolute atomic E-state index is 0.00378. The molecule has 6 heteroatoms. The van der Waals surface area contributed by atoms with Gasteiger partial charge in [0.15, 0.2) is 16.4 Å². The van der Waals surface area contributed by atoms with Crippen LogP contribution in [0.3, 0.4) is 0 Å². The number of carbonyl (C=O) groups is 1. The predicted octanol–water partition coefficient (Wildman–Crippen LogP) is 1.07. The predicted molar refractivity (Wildman–Crippen MR) is 76.5 cm³/mol. The highest BCUT2D eigenvalue weighted by Crippen LogP contribution is 2.22. The fourth-order valence-corrected chi connectivity index (χ4v) is 4.43. The van der Waals surface area contributed by atoms with Crippen molar-refractivity contribution in [3.63, 3.8) is 0 Å². The van der Waals surface area contributed by atoms with E-state index in [0.29, 0.717) is 12.2 Å². The Hall–Kier alpha value is -1.56. The first kappa shape index (κ1) is 14.8. The molecule has 0 saturated carbocycles. The average Bonchev–Trinajstić information content (AvgIpc) is 2.61. The van der Waals surface area contributed by atoms with Crippen molar-refractivity contribution in [3.8, 4) is 5.75 Å². The minimum atomic E-state index is -3.03. The highest BCUT2D eigenvalue weighted by atomic mass is 32.2. The van der Waals surface area contributed by atoms with E-state index in [1.165, 1.54) is 0 Å². The molecule has 2 rings (SSSR count). The number of rotatable bonds is 4. The molecule has 1 saturated heterocycles. The van der Waals surface area contributed by atoms with Crippen molar-refractivity contribution in [2.75, 3.05) is 18.1 Å². The summed E-state index contributed by atoms with van der Waals surface area (Å²) in [5, 5.41) is 2.75. The number of aryl methyl sites for hydroxylation is 1. The van der Waals surface area contributed by atoms with Gasteiger partial charge in [-0.25, -0.2) is 8.42 Å². The number of nitrogens with one attached hydrogen (secondary N) is 1. The van der Waals surface area contributed by atoms with Crippen molar-refractivity contribution in [3.05, 3.63) is 29.8 Å². The van der Waals surface area contributed by atoms with Crippen LogP contribution in [-0.4, -0.2) is 38.0 Å². The van der Waals surface area contributed by atoms with Crippen LogP contribution in [0.25, 0.3) is 0 Å². The van der Waals surface area contributed by atoms with Gasteiger partial charge in [0.1, 0.15) is 5.75 Å². The summed E-state index contributed by atoms with van der Waals surface area (Å²) in [6.45, 7) is 3.58. The molecule has 1 fully saturated rings. The zero-order chi connectivity index (χ0) is 14.8. The molecule has 1 N–H and O–H groups in total. The Morgan fingerprint density at radius 2 is 2.20 bits per heavy atom. The van der Waals surface area contributed by atoms with Crippen LogP contribution in [0.2, 0.25) is 0 Å². The highest BCUT2D eigenvalue weighted by Gasteiger charge is 2.39. The highest BCUT2D eigenvalue weighted by molar-refractivity contribution is 7.91. The van der Waals surface area contributed by atoms with Gasteiger partial charge in [-0.15, -0.1) is 0 Å². The number of hydrogen-bond donors (Lipinski definition) is 1. The second kappa shape index (κ2) is 5.44. The van der Waals surface area contributed by atoms with E-state index in [0.717, 1.165) is 5.56 Å². The molecular formula is C14H19NO4S. The van der Waals surface area contributed by atoms with E-state index in [-0.39, 0.29) is 24.0 Å². The van der Waals surface area contributed by atoms with Crippen molar-refractivity contribution in [2.24, 2.45) is 0 Å². The molecule has 110 valence electrons. The third-order valence-electron chi connectivity index (χ3n) is 3.30. The van der Waals surface area contributed by atoms with Gasteiger partial charge in [-0.1, -0.05) is 12.1 Å². The zero-order valence-electron chi connectivity index (χ0n) is 11.7. The molecule has 1 unspecified atom stereocenters. The van der Waals surface area contributed by atoms with Gasteiger partial charge in [0, 0.05) is 0 Å². The Kier molecular flexibility index (Phi) is 4.04. The quantitative estimate of drug-likeness (QED) is 0.902. The SMILES string of the molecule is Cc1cccc(OCC(=O)NC2(C)CCS(=O)(=O)C2)c1. The van der Waals surface area contributed by atoms with Crippen LogP contribution in [0.15, 0.2) is 24.3 Å². The third kappa shape index (κ3) is 3.96. The van der Waals surface area contributed by atoms with Crippen LogP contribution < -0.4 is 10.1 Å². The van der Waals surface area contributed by atoms with Gasteiger partial charge in [-0.05, 0) is 38.0 Å². The molecular weight excluding hydrogens is 278 g/mol. The van der Waals surface area contributed by atoms with Crippen LogP contribution in [0.5, 0.6) is 5.75 Å².